The molecule has 0 aliphatic heterocycles. The second-order valence-electron chi connectivity index (χ2n) is 3.08. The smallest absolute Gasteiger partial charge is 0.465 e. The standard InChI is InChI=1S/C9H21NO5Si/c1-5-8(10-9(11)12)16(13-4,14-6-2)15-7-3/h8,10H,5-7H2,1-4H3,(H,11,12). The van der Waals surface area contributed by atoms with Crippen LogP contribution in [0.5, 0.6) is 0 Å². The maximum atomic E-state index is 10.7. The SMILES string of the molecule is CCO[Si](OC)(OCC)C(CC)NC(=O)O. The molecule has 0 saturated heterocycles. The summed E-state index contributed by atoms with van der Waals surface area (Å²) in [6, 6.07) is 0. The highest BCUT2D eigenvalue weighted by molar-refractivity contribution is 6.62. The number of nitrogens with one attached hydrogen (secondary N) is 1. The molecule has 7 heteroatoms. The molecule has 2 N–H and O–H groups in total. The van der Waals surface area contributed by atoms with Crippen LogP contribution in [0.4, 0.5) is 4.79 Å². The van der Waals surface area contributed by atoms with Crippen molar-refractivity contribution in [2.45, 2.75) is 32.9 Å². The minimum Gasteiger partial charge on any atom is -0.465 e. The Morgan fingerprint density at radius 1 is 1.31 bits per heavy atom. The average Bonchev–Trinajstić information content (AvgIpc) is 2.25. The van der Waals surface area contributed by atoms with Crippen molar-refractivity contribution in [3.8, 4) is 0 Å². The molecule has 0 fully saturated rings. The molecule has 96 valence electrons. The molecule has 0 bridgehead atoms. The molecule has 0 aliphatic carbocycles. The van der Waals surface area contributed by atoms with Gasteiger partial charge >= 0.3 is 14.9 Å². The first-order valence-electron chi connectivity index (χ1n) is 5.38. The Hall–Kier alpha value is -0.633. The molecule has 0 saturated carbocycles. The molecular weight excluding hydrogens is 230 g/mol. The molecule has 0 heterocycles. The molecule has 0 aliphatic rings. The van der Waals surface area contributed by atoms with Crippen LogP contribution in [0, 0.1) is 0 Å². The molecule has 0 aromatic carbocycles. The van der Waals surface area contributed by atoms with Gasteiger partial charge in [-0.2, -0.15) is 0 Å². The van der Waals surface area contributed by atoms with E-state index in [2.05, 4.69) is 5.32 Å². The van der Waals surface area contributed by atoms with E-state index in [9.17, 15) is 4.79 Å². The second-order valence-corrected chi connectivity index (χ2v) is 5.97. The maximum absolute atomic E-state index is 10.7. The summed E-state index contributed by atoms with van der Waals surface area (Å²) in [4.78, 5) is 10.7. The molecule has 0 rings (SSSR count). The Kier molecular flexibility index (Phi) is 7.31. The van der Waals surface area contributed by atoms with Crippen molar-refractivity contribution in [1.82, 2.24) is 5.32 Å². The molecule has 16 heavy (non-hydrogen) atoms. The zero-order valence-corrected chi connectivity index (χ0v) is 11.3. The summed E-state index contributed by atoms with van der Waals surface area (Å²) in [7, 11) is -1.46. The van der Waals surface area contributed by atoms with Gasteiger partial charge in [0.15, 0.2) is 0 Å². The fraction of sp³-hybridized carbons (Fsp3) is 0.889. The van der Waals surface area contributed by atoms with E-state index in [0.29, 0.717) is 19.6 Å². The third-order valence-electron chi connectivity index (χ3n) is 2.11. The average molecular weight is 251 g/mol. The summed E-state index contributed by atoms with van der Waals surface area (Å²) in [6.45, 7) is 6.37. The highest BCUT2D eigenvalue weighted by atomic mass is 28.4. The van der Waals surface area contributed by atoms with Crippen LogP contribution in [0.15, 0.2) is 0 Å². The summed E-state index contributed by atoms with van der Waals surface area (Å²) in [5.74, 6) is 0. The zero-order valence-electron chi connectivity index (χ0n) is 10.3. The van der Waals surface area contributed by atoms with Crippen LogP contribution in [-0.2, 0) is 13.3 Å². The number of carboxylic acid groups (broad SMARTS) is 1. The van der Waals surface area contributed by atoms with Crippen LogP contribution in [0.3, 0.4) is 0 Å². The van der Waals surface area contributed by atoms with E-state index in [0.717, 1.165) is 0 Å². The Morgan fingerprint density at radius 3 is 2.06 bits per heavy atom. The zero-order chi connectivity index (χ0) is 12.6. The first-order chi connectivity index (χ1) is 7.56. The van der Waals surface area contributed by atoms with Crippen LogP contribution < -0.4 is 5.32 Å². The highest BCUT2D eigenvalue weighted by Crippen LogP contribution is 2.16. The van der Waals surface area contributed by atoms with Gasteiger partial charge in [0.1, 0.15) is 5.67 Å². The molecule has 1 unspecified atom stereocenters. The Balaban J connectivity index is 4.84. The summed E-state index contributed by atoms with van der Waals surface area (Å²) >= 11 is 0. The Bertz CT molecular complexity index is 208. The lowest BCUT2D eigenvalue weighted by atomic mass is 10.5. The fourth-order valence-electron chi connectivity index (χ4n) is 1.49. The van der Waals surface area contributed by atoms with Crippen molar-refractivity contribution >= 4 is 14.9 Å². The predicted octanol–water partition coefficient (Wildman–Crippen LogP) is 1.23. The first kappa shape index (κ1) is 15.4. The maximum Gasteiger partial charge on any atom is 0.524 e. The van der Waals surface area contributed by atoms with Crippen molar-refractivity contribution in [3.05, 3.63) is 0 Å². The van der Waals surface area contributed by atoms with E-state index in [1.165, 1.54) is 7.11 Å². The largest absolute Gasteiger partial charge is 0.524 e. The summed E-state index contributed by atoms with van der Waals surface area (Å²) in [6.07, 6.45) is -0.535. The fourth-order valence-corrected chi connectivity index (χ4v) is 4.11. The molecular formula is C9H21NO5Si. The summed E-state index contributed by atoms with van der Waals surface area (Å²) < 4.78 is 16.4. The van der Waals surface area contributed by atoms with Crippen LogP contribution in [-0.4, -0.2) is 46.0 Å². The third-order valence-corrected chi connectivity index (χ3v) is 5.47. The van der Waals surface area contributed by atoms with Crippen LogP contribution >= 0.6 is 0 Å². The van der Waals surface area contributed by atoms with Crippen LogP contribution in [0.2, 0.25) is 0 Å². The van der Waals surface area contributed by atoms with Gasteiger partial charge in [-0.3, -0.25) is 0 Å². The monoisotopic (exact) mass is 251 g/mol. The van der Waals surface area contributed by atoms with Crippen molar-refractivity contribution in [2.24, 2.45) is 0 Å². The Labute approximate surface area is 97.3 Å². The van der Waals surface area contributed by atoms with E-state index in [1.54, 1.807) is 0 Å². The molecule has 0 aromatic heterocycles. The van der Waals surface area contributed by atoms with Crippen molar-refractivity contribution in [2.75, 3.05) is 20.3 Å². The van der Waals surface area contributed by atoms with Crippen LogP contribution in [0.25, 0.3) is 0 Å². The van der Waals surface area contributed by atoms with Crippen molar-refractivity contribution < 1.29 is 23.2 Å². The third kappa shape index (κ3) is 4.09. The minimum absolute atomic E-state index is 0.428. The van der Waals surface area contributed by atoms with Crippen LogP contribution in [0.1, 0.15) is 27.2 Å². The lowest BCUT2D eigenvalue weighted by Crippen LogP contribution is -2.62. The minimum atomic E-state index is -2.95. The normalized spacial score (nSPS) is 13.5. The molecule has 1 atom stereocenters. The van der Waals surface area contributed by atoms with E-state index >= 15 is 0 Å². The van der Waals surface area contributed by atoms with Crippen molar-refractivity contribution in [1.29, 1.82) is 0 Å². The lowest BCUT2D eigenvalue weighted by Gasteiger charge is -2.33. The number of hydrogen-bond acceptors (Lipinski definition) is 4. The highest BCUT2D eigenvalue weighted by Gasteiger charge is 2.48. The van der Waals surface area contributed by atoms with Gasteiger partial charge in [0.2, 0.25) is 0 Å². The number of carbonyl (C=O) groups is 1. The summed E-state index contributed by atoms with van der Waals surface area (Å²) in [5, 5.41) is 11.1. The van der Waals surface area contributed by atoms with Crippen molar-refractivity contribution in [3.63, 3.8) is 0 Å². The van der Waals surface area contributed by atoms with E-state index in [4.69, 9.17) is 18.4 Å². The van der Waals surface area contributed by atoms with Gasteiger partial charge in [-0.15, -0.1) is 0 Å². The van der Waals surface area contributed by atoms with E-state index < -0.39 is 20.6 Å². The Morgan fingerprint density at radius 2 is 1.81 bits per heavy atom. The van der Waals surface area contributed by atoms with Gasteiger partial charge in [0.25, 0.3) is 0 Å². The second kappa shape index (κ2) is 7.61. The van der Waals surface area contributed by atoms with Gasteiger partial charge in [-0.1, -0.05) is 6.92 Å². The summed E-state index contributed by atoms with van der Waals surface area (Å²) in [5.41, 5.74) is -0.435. The molecule has 1 amide bonds. The van der Waals surface area contributed by atoms with E-state index in [-0.39, 0.29) is 0 Å². The first-order valence-corrected chi connectivity index (χ1v) is 7.18. The molecule has 0 radical (unpaired) electrons. The lowest BCUT2D eigenvalue weighted by molar-refractivity contribution is 0.0712. The molecule has 6 nitrogen and oxygen atoms in total. The molecule has 0 spiro atoms. The van der Waals surface area contributed by atoms with Gasteiger partial charge in [0, 0.05) is 20.3 Å². The van der Waals surface area contributed by atoms with Gasteiger partial charge < -0.3 is 23.7 Å². The quantitative estimate of drug-likeness (QED) is 0.634. The predicted molar refractivity (Wildman–Crippen MR) is 61.3 cm³/mol. The number of amides is 1. The number of rotatable bonds is 8. The number of hydrogen-bond donors (Lipinski definition) is 2. The topological polar surface area (TPSA) is 77.0 Å². The van der Waals surface area contributed by atoms with Gasteiger partial charge in [0.05, 0.1) is 0 Å². The van der Waals surface area contributed by atoms with E-state index in [1.807, 2.05) is 20.8 Å². The van der Waals surface area contributed by atoms with Gasteiger partial charge in [-0.05, 0) is 20.3 Å². The molecule has 0 aromatic rings. The van der Waals surface area contributed by atoms with Gasteiger partial charge in [-0.25, -0.2) is 4.79 Å².